The Morgan fingerprint density at radius 3 is 2.90 bits per heavy atom. The zero-order valence-corrected chi connectivity index (χ0v) is 12.4. The number of nitrogens with zero attached hydrogens (tertiary/aromatic N) is 1. The summed E-state index contributed by atoms with van der Waals surface area (Å²) < 4.78 is 0. The number of rotatable bonds is 6. The van der Waals surface area contributed by atoms with E-state index < -0.39 is 0 Å². The van der Waals surface area contributed by atoms with Crippen LogP contribution in [-0.2, 0) is 9.59 Å². The first-order chi connectivity index (χ1) is 10.1. The third-order valence-electron chi connectivity index (χ3n) is 3.17. The molecule has 1 aliphatic heterocycles. The van der Waals surface area contributed by atoms with E-state index in [1.165, 1.54) is 0 Å². The van der Waals surface area contributed by atoms with E-state index in [2.05, 4.69) is 17.2 Å². The van der Waals surface area contributed by atoms with Gasteiger partial charge in [0.2, 0.25) is 11.8 Å². The number of hydrogen-bond acceptors (Lipinski definition) is 3. The van der Waals surface area contributed by atoms with Gasteiger partial charge in [-0.2, -0.15) is 0 Å². The predicted octanol–water partition coefficient (Wildman–Crippen LogP) is 2.18. The molecule has 0 aromatic heterocycles. The molecule has 6 heteroatoms. The normalized spacial score (nSPS) is 14.3. The van der Waals surface area contributed by atoms with Crippen LogP contribution in [0, 0.1) is 0 Å². The van der Waals surface area contributed by atoms with E-state index in [1.807, 2.05) is 0 Å². The molecule has 0 bridgehead atoms. The first-order valence-corrected chi connectivity index (χ1v) is 7.21. The molecule has 0 spiro atoms. The van der Waals surface area contributed by atoms with E-state index in [1.54, 1.807) is 29.2 Å². The van der Waals surface area contributed by atoms with E-state index in [0.717, 1.165) is 6.42 Å². The maximum atomic E-state index is 11.7. The van der Waals surface area contributed by atoms with E-state index in [9.17, 15) is 9.59 Å². The Morgan fingerprint density at radius 2 is 2.29 bits per heavy atom. The molecule has 1 aromatic carbocycles. The van der Waals surface area contributed by atoms with Crippen LogP contribution in [0.25, 0.3) is 0 Å². The van der Waals surface area contributed by atoms with Gasteiger partial charge in [-0.25, -0.2) is 0 Å². The van der Waals surface area contributed by atoms with Crippen molar-refractivity contribution in [2.75, 3.05) is 29.9 Å². The molecule has 0 aliphatic carbocycles. The highest BCUT2D eigenvalue weighted by molar-refractivity contribution is 6.34. The lowest BCUT2D eigenvalue weighted by atomic mass is 10.2. The molecule has 21 heavy (non-hydrogen) atoms. The molecule has 112 valence electrons. The van der Waals surface area contributed by atoms with Crippen LogP contribution in [0.3, 0.4) is 0 Å². The summed E-state index contributed by atoms with van der Waals surface area (Å²) in [4.78, 5) is 25.1. The third kappa shape index (κ3) is 4.06. The Bertz CT molecular complexity index is 560. The summed E-state index contributed by atoms with van der Waals surface area (Å²) in [5, 5.41) is 6.12. The van der Waals surface area contributed by atoms with Crippen molar-refractivity contribution in [3.05, 3.63) is 35.9 Å². The van der Waals surface area contributed by atoms with Crippen molar-refractivity contribution in [2.45, 2.75) is 12.8 Å². The summed E-state index contributed by atoms with van der Waals surface area (Å²) in [5.74, 6) is -0.0692. The summed E-state index contributed by atoms with van der Waals surface area (Å²) in [6.07, 6.45) is 3.10. The molecule has 2 rings (SSSR count). The number of amides is 2. The minimum Gasteiger partial charge on any atom is -0.325 e. The van der Waals surface area contributed by atoms with Crippen LogP contribution in [0.15, 0.2) is 30.9 Å². The number of carbonyl (C=O) groups is 2. The Kier molecular flexibility index (Phi) is 5.36. The largest absolute Gasteiger partial charge is 0.325 e. The van der Waals surface area contributed by atoms with Gasteiger partial charge in [0, 0.05) is 25.2 Å². The lowest BCUT2D eigenvalue weighted by Crippen LogP contribution is -2.28. The van der Waals surface area contributed by atoms with Crippen molar-refractivity contribution in [1.29, 1.82) is 0 Å². The molecule has 1 aliphatic rings. The molecule has 5 nitrogen and oxygen atoms in total. The van der Waals surface area contributed by atoms with E-state index in [4.69, 9.17) is 11.6 Å². The second kappa shape index (κ2) is 7.24. The number of anilines is 2. The highest BCUT2D eigenvalue weighted by atomic mass is 35.5. The standard InChI is InChI=1S/C15H18ClN3O2/c1-2-7-17-10-14(20)18-11-5-6-13(12(16)9-11)19-8-3-4-15(19)21/h2,5-6,9,17H,1,3-4,7-8,10H2,(H,18,20). The monoisotopic (exact) mass is 307 g/mol. The van der Waals surface area contributed by atoms with Crippen molar-refractivity contribution < 1.29 is 9.59 Å². The lowest BCUT2D eigenvalue weighted by Gasteiger charge is -2.18. The number of carbonyl (C=O) groups excluding carboxylic acids is 2. The highest BCUT2D eigenvalue weighted by Crippen LogP contribution is 2.31. The van der Waals surface area contributed by atoms with Gasteiger partial charge in [-0.15, -0.1) is 6.58 Å². The van der Waals surface area contributed by atoms with Crippen LogP contribution in [-0.4, -0.2) is 31.4 Å². The Morgan fingerprint density at radius 1 is 1.48 bits per heavy atom. The van der Waals surface area contributed by atoms with Gasteiger partial charge < -0.3 is 15.5 Å². The molecule has 0 radical (unpaired) electrons. The van der Waals surface area contributed by atoms with Gasteiger partial charge in [0.05, 0.1) is 17.3 Å². The topological polar surface area (TPSA) is 61.4 Å². The summed E-state index contributed by atoms with van der Waals surface area (Å²) in [6.45, 7) is 5.03. The number of benzene rings is 1. The van der Waals surface area contributed by atoms with Crippen molar-refractivity contribution >= 4 is 34.8 Å². The number of nitrogens with one attached hydrogen (secondary N) is 2. The minimum absolute atomic E-state index is 0.0855. The first-order valence-electron chi connectivity index (χ1n) is 6.83. The first kappa shape index (κ1) is 15.5. The zero-order valence-electron chi connectivity index (χ0n) is 11.7. The molecule has 1 fully saturated rings. The van der Waals surface area contributed by atoms with Crippen LogP contribution in [0.1, 0.15) is 12.8 Å². The van der Waals surface area contributed by atoms with Crippen LogP contribution in [0.4, 0.5) is 11.4 Å². The molecular formula is C15H18ClN3O2. The van der Waals surface area contributed by atoms with Crippen LogP contribution < -0.4 is 15.5 Å². The fourth-order valence-corrected chi connectivity index (χ4v) is 2.48. The summed E-state index contributed by atoms with van der Waals surface area (Å²) in [7, 11) is 0. The highest BCUT2D eigenvalue weighted by Gasteiger charge is 2.23. The Labute approximate surface area is 129 Å². The number of hydrogen-bond donors (Lipinski definition) is 2. The third-order valence-corrected chi connectivity index (χ3v) is 3.47. The lowest BCUT2D eigenvalue weighted by molar-refractivity contribution is -0.117. The van der Waals surface area contributed by atoms with E-state index in [0.29, 0.717) is 35.9 Å². The van der Waals surface area contributed by atoms with Crippen molar-refractivity contribution in [3.8, 4) is 0 Å². The summed E-state index contributed by atoms with van der Waals surface area (Å²) in [6, 6.07) is 5.17. The Hall–Kier alpha value is -1.85. The molecule has 0 unspecified atom stereocenters. The number of halogens is 1. The summed E-state index contributed by atoms with van der Waals surface area (Å²) in [5.41, 5.74) is 1.31. The average Bonchev–Trinajstić information content (AvgIpc) is 2.85. The second-order valence-electron chi connectivity index (χ2n) is 4.78. The summed E-state index contributed by atoms with van der Waals surface area (Å²) >= 11 is 6.21. The zero-order chi connectivity index (χ0) is 15.2. The van der Waals surface area contributed by atoms with Crippen molar-refractivity contribution in [3.63, 3.8) is 0 Å². The van der Waals surface area contributed by atoms with Crippen molar-refractivity contribution in [1.82, 2.24) is 5.32 Å². The quantitative estimate of drug-likeness (QED) is 0.625. The van der Waals surface area contributed by atoms with Crippen LogP contribution >= 0.6 is 11.6 Å². The molecule has 0 saturated carbocycles. The molecule has 0 atom stereocenters. The minimum atomic E-state index is -0.155. The van der Waals surface area contributed by atoms with Gasteiger partial charge in [-0.05, 0) is 24.6 Å². The van der Waals surface area contributed by atoms with Gasteiger partial charge in [0.25, 0.3) is 0 Å². The van der Waals surface area contributed by atoms with Gasteiger partial charge in [-0.3, -0.25) is 9.59 Å². The van der Waals surface area contributed by atoms with E-state index >= 15 is 0 Å². The average molecular weight is 308 g/mol. The molecular weight excluding hydrogens is 290 g/mol. The van der Waals surface area contributed by atoms with Crippen molar-refractivity contribution in [2.24, 2.45) is 0 Å². The van der Waals surface area contributed by atoms with Gasteiger partial charge >= 0.3 is 0 Å². The fourth-order valence-electron chi connectivity index (χ4n) is 2.20. The molecule has 1 heterocycles. The van der Waals surface area contributed by atoms with Gasteiger partial charge in [0.1, 0.15) is 0 Å². The van der Waals surface area contributed by atoms with Crippen LogP contribution in [0.2, 0.25) is 5.02 Å². The van der Waals surface area contributed by atoms with Crippen LogP contribution in [0.5, 0.6) is 0 Å². The molecule has 2 amide bonds. The van der Waals surface area contributed by atoms with E-state index in [-0.39, 0.29) is 18.4 Å². The molecule has 2 N–H and O–H groups in total. The van der Waals surface area contributed by atoms with Gasteiger partial charge in [-0.1, -0.05) is 17.7 Å². The maximum Gasteiger partial charge on any atom is 0.238 e. The SMILES string of the molecule is C=CCNCC(=O)Nc1ccc(N2CCCC2=O)c(Cl)c1. The maximum absolute atomic E-state index is 11.7. The smallest absolute Gasteiger partial charge is 0.238 e. The van der Waals surface area contributed by atoms with Gasteiger partial charge in [0.15, 0.2) is 0 Å². The predicted molar refractivity (Wildman–Crippen MR) is 84.7 cm³/mol. The molecule has 1 saturated heterocycles. The fraction of sp³-hybridized carbons (Fsp3) is 0.333. The second-order valence-corrected chi connectivity index (χ2v) is 5.19. The molecule has 1 aromatic rings. The Balaban J connectivity index is 2.00.